The van der Waals surface area contributed by atoms with E-state index >= 15 is 0 Å². The standard InChI is InChI=1S/C22H21NO/c1-2-8-16(9-3-1)21-18-11-6-14-24-22(18)20-17-10-5-4-7-15(17)12-13-19(20)23-21/h1-5,7-10,12-13,18,21-23H,6,11,14H2/t18-,21-,22-/m1/s1. The van der Waals surface area contributed by atoms with Crippen molar-refractivity contribution in [1.82, 2.24) is 0 Å². The largest absolute Gasteiger partial charge is 0.378 e. The molecule has 0 unspecified atom stereocenters. The predicted octanol–water partition coefficient (Wildman–Crippen LogP) is 5.47. The predicted molar refractivity (Wildman–Crippen MR) is 98.2 cm³/mol. The average molecular weight is 315 g/mol. The normalized spacial score (nSPS) is 25.6. The van der Waals surface area contributed by atoms with Crippen LogP contribution in [0.1, 0.15) is 36.1 Å². The van der Waals surface area contributed by atoms with Crippen LogP contribution in [-0.2, 0) is 4.74 Å². The number of fused-ring (bicyclic) bond motifs is 5. The van der Waals surface area contributed by atoms with Gasteiger partial charge in [-0.15, -0.1) is 0 Å². The second-order valence-corrected chi connectivity index (χ2v) is 6.88. The first-order valence-corrected chi connectivity index (χ1v) is 8.86. The molecule has 2 heterocycles. The van der Waals surface area contributed by atoms with E-state index in [-0.39, 0.29) is 6.10 Å². The van der Waals surface area contributed by atoms with Crippen molar-refractivity contribution in [1.29, 1.82) is 0 Å². The molecule has 1 fully saturated rings. The molecule has 2 heteroatoms. The summed E-state index contributed by atoms with van der Waals surface area (Å²) in [4.78, 5) is 0. The van der Waals surface area contributed by atoms with Gasteiger partial charge in [-0.3, -0.25) is 0 Å². The molecule has 3 atom stereocenters. The van der Waals surface area contributed by atoms with Gasteiger partial charge in [-0.1, -0.05) is 60.7 Å². The minimum atomic E-state index is 0.186. The smallest absolute Gasteiger partial charge is 0.0901 e. The van der Waals surface area contributed by atoms with Crippen molar-refractivity contribution in [2.24, 2.45) is 5.92 Å². The molecule has 0 radical (unpaired) electrons. The number of rotatable bonds is 1. The van der Waals surface area contributed by atoms with Gasteiger partial charge < -0.3 is 10.1 Å². The summed E-state index contributed by atoms with van der Waals surface area (Å²) in [7, 11) is 0. The Balaban J connectivity index is 1.69. The summed E-state index contributed by atoms with van der Waals surface area (Å²) in [5.74, 6) is 0.486. The van der Waals surface area contributed by atoms with Crippen LogP contribution in [0.5, 0.6) is 0 Å². The van der Waals surface area contributed by atoms with Gasteiger partial charge in [0.15, 0.2) is 0 Å². The summed E-state index contributed by atoms with van der Waals surface area (Å²) in [6.45, 7) is 0.866. The Kier molecular flexibility index (Phi) is 3.30. The fourth-order valence-electron chi connectivity index (χ4n) is 4.44. The highest BCUT2D eigenvalue weighted by Gasteiger charge is 2.40. The van der Waals surface area contributed by atoms with Gasteiger partial charge in [-0.05, 0) is 35.2 Å². The van der Waals surface area contributed by atoms with Crippen LogP contribution in [-0.4, -0.2) is 6.61 Å². The van der Waals surface area contributed by atoms with Crippen LogP contribution >= 0.6 is 0 Å². The topological polar surface area (TPSA) is 21.3 Å². The first-order chi connectivity index (χ1) is 11.9. The van der Waals surface area contributed by atoms with Crippen LogP contribution in [0.25, 0.3) is 10.8 Å². The molecular formula is C22H21NO. The Morgan fingerprint density at radius 2 is 1.71 bits per heavy atom. The highest BCUT2D eigenvalue weighted by Crippen LogP contribution is 2.50. The summed E-state index contributed by atoms with van der Waals surface area (Å²) in [6.07, 6.45) is 2.54. The minimum Gasteiger partial charge on any atom is -0.378 e. The van der Waals surface area contributed by atoms with E-state index in [4.69, 9.17) is 4.74 Å². The van der Waals surface area contributed by atoms with Crippen molar-refractivity contribution in [3.8, 4) is 0 Å². The van der Waals surface area contributed by atoms with Gasteiger partial charge >= 0.3 is 0 Å². The zero-order chi connectivity index (χ0) is 15.9. The minimum absolute atomic E-state index is 0.186. The molecule has 3 aromatic rings. The quantitative estimate of drug-likeness (QED) is 0.642. The van der Waals surface area contributed by atoms with Crippen LogP contribution in [0.15, 0.2) is 66.7 Å². The molecule has 3 aromatic carbocycles. The molecule has 2 nitrogen and oxygen atoms in total. The lowest BCUT2D eigenvalue weighted by molar-refractivity contribution is -0.0372. The monoisotopic (exact) mass is 315 g/mol. The van der Waals surface area contributed by atoms with Gasteiger partial charge in [0, 0.05) is 23.8 Å². The summed E-state index contributed by atoms with van der Waals surface area (Å²) >= 11 is 0. The van der Waals surface area contributed by atoms with Crippen LogP contribution in [0.2, 0.25) is 0 Å². The number of anilines is 1. The number of hydrogen-bond donors (Lipinski definition) is 1. The van der Waals surface area contributed by atoms with E-state index in [1.807, 2.05) is 0 Å². The second-order valence-electron chi connectivity index (χ2n) is 6.88. The maximum atomic E-state index is 6.33. The molecular weight excluding hydrogens is 294 g/mol. The highest BCUT2D eigenvalue weighted by molar-refractivity contribution is 5.91. The number of benzene rings is 3. The molecule has 5 rings (SSSR count). The van der Waals surface area contributed by atoms with E-state index in [0.717, 1.165) is 13.0 Å². The zero-order valence-corrected chi connectivity index (χ0v) is 13.6. The maximum absolute atomic E-state index is 6.33. The van der Waals surface area contributed by atoms with Crippen molar-refractivity contribution < 1.29 is 4.74 Å². The van der Waals surface area contributed by atoms with Crippen LogP contribution in [0, 0.1) is 5.92 Å². The number of nitrogens with one attached hydrogen (secondary N) is 1. The third-order valence-electron chi connectivity index (χ3n) is 5.52. The fraction of sp³-hybridized carbons (Fsp3) is 0.273. The maximum Gasteiger partial charge on any atom is 0.0901 e. The average Bonchev–Trinajstić information content (AvgIpc) is 2.67. The highest BCUT2D eigenvalue weighted by atomic mass is 16.5. The van der Waals surface area contributed by atoms with Gasteiger partial charge in [-0.2, -0.15) is 0 Å². The molecule has 24 heavy (non-hydrogen) atoms. The summed E-state index contributed by atoms with van der Waals surface area (Å²) in [5.41, 5.74) is 3.94. The lowest BCUT2D eigenvalue weighted by Crippen LogP contribution is -2.36. The van der Waals surface area contributed by atoms with Crippen molar-refractivity contribution in [3.63, 3.8) is 0 Å². The molecule has 120 valence electrons. The Morgan fingerprint density at radius 1 is 0.875 bits per heavy atom. The Labute approximate surface area is 142 Å². The molecule has 0 aromatic heterocycles. The summed E-state index contributed by atoms with van der Waals surface area (Å²) in [5, 5.41) is 6.45. The van der Waals surface area contributed by atoms with Gasteiger partial charge in [-0.25, -0.2) is 0 Å². The summed E-state index contributed by atoms with van der Waals surface area (Å²) < 4.78 is 6.33. The van der Waals surface area contributed by atoms with Crippen molar-refractivity contribution in [3.05, 3.63) is 77.9 Å². The van der Waals surface area contributed by atoms with Crippen molar-refractivity contribution in [2.75, 3.05) is 11.9 Å². The Morgan fingerprint density at radius 3 is 2.62 bits per heavy atom. The molecule has 0 spiro atoms. The Hall–Kier alpha value is -2.32. The number of ether oxygens (including phenoxy) is 1. The first kappa shape index (κ1) is 14.1. The molecule has 0 bridgehead atoms. The van der Waals surface area contributed by atoms with Gasteiger partial charge in [0.1, 0.15) is 0 Å². The van der Waals surface area contributed by atoms with Crippen molar-refractivity contribution >= 4 is 16.5 Å². The molecule has 0 amide bonds. The van der Waals surface area contributed by atoms with E-state index in [1.165, 1.54) is 34.0 Å². The number of hydrogen-bond acceptors (Lipinski definition) is 2. The van der Waals surface area contributed by atoms with E-state index in [2.05, 4.69) is 72.0 Å². The third kappa shape index (κ3) is 2.14. The van der Waals surface area contributed by atoms with Crippen LogP contribution < -0.4 is 5.32 Å². The lowest BCUT2D eigenvalue weighted by atomic mass is 9.76. The molecule has 0 aliphatic carbocycles. The first-order valence-electron chi connectivity index (χ1n) is 8.86. The van der Waals surface area contributed by atoms with Gasteiger partial charge in [0.05, 0.1) is 12.1 Å². The molecule has 2 aliphatic rings. The van der Waals surface area contributed by atoms with Gasteiger partial charge in [0.2, 0.25) is 0 Å². The molecule has 0 saturated carbocycles. The molecule has 1 N–H and O–H groups in total. The molecule has 1 saturated heterocycles. The van der Waals surface area contributed by atoms with E-state index in [1.54, 1.807) is 0 Å². The Bertz CT molecular complexity index is 874. The summed E-state index contributed by atoms with van der Waals surface area (Å²) in [6, 6.07) is 24.2. The van der Waals surface area contributed by atoms with Gasteiger partial charge in [0.25, 0.3) is 0 Å². The van der Waals surface area contributed by atoms with Crippen molar-refractivity contribution in [2.45, 2.75) is 25.0 Å². The zero-order valence-electron chi connectivity index (χ0n) is 13.6. The van der Waals surface area contributed by atoms with E-state index in [9.17, 15) is 0 Å². The fourth-order valence-corrected chi connectivity index (χ4v) is 4.44. The van der Waals surface area contributed by atoms with E-state index < -0.39 is 0 Å². The van der Waals surface area contributed by atoms with Crippen LogP contribution in [0.4, 0.5) is 5.69 Å². The van der Waals surface area contributed by atoms with Crippen LogP contribution in [0.3, 0.4) is 0 Å². The molecule has 2 aliphatic heterocycles. The third-order valence-corrected chi connectivity index (χ3v) is 5.52. The lowest BCUT2D eigenvalue weighted by Gasteiger charge is -2.44. The van der Waals surface area contributed by atoms with E-state index in [0.29, 0.717) is 12.0 Å². The SMILES string of the molecule is c1ccc([C@H]2Nc3ccc4ccccc4c3[C@@H]3OCCC[C@H]23)cc1. The second kappa shape index (κ2) is 5.64.